The molecule has 0 saturated carbocycles. The maximum atomic E-state index is 8.13. The molecule has 0 saturated heterocycles. The zero-order chi connectivity index (χ0) is 10.4. The van der Waals surface area contributed by atoms with Crippen LogP contribution < -0.4 is 0 Å². The highest BCUT2D eigenvalue weighted by atomic mass is 15.1. The van der Waals surface area contributed by atoms with Crippen molar-refractivity contribution >= 4 is 12.2 Å². The first-order valence-corrected chi connectivity index (χ1v) is 4.28. The molecule has 4 heteroatoms. The average Bonchev–Trinajstić information content (AvgIpc) is 2.60. The van der Waals surface area contributed by atoms with Gasteiger partial charge in [-0.1, -0.05) is 24.3 Å². The van der Waals surface area contributed by atoms with Gasteiger partial charge >= 0.3 is 0 Å². The van der Waals surface area contributed by atoms with Gasteiger partial charge in [-0.3, -0.25) is 0 Å². The zero-order valence-corrected chi connectivity index (χ0v) is 7.93. The largest absolute Gasteiger partial charge is 0.347 e. The van der Waals surface area contributed by atoms with E-state index in [1.54, 1.807) is 12.2 Å². The first-order chi connectivity index (χ1) is 6.83. The van der Waals surface area contributed by atoms with Crippen LogP contribution in [0.4, 0.5) is 0 Å². The maximum Gasteiger partial charge on any atom is 0.0474 e. The first-order valence-electron chi connectivity index (χ1n) is 4.28. The van der Waals surface area contributed by atoms with E-state index < -0.39 is 0 Å². The summed E-state index contributed by atoms with van der Waals surface area (Å²) >= 11 is 0. The SMILES string of the molecule is C=Cc1ccn(CCN=[N+]=[N-])c1C=C. The lowest BCUT2D eigenvalue weighted by atomic mass is 10.2. The molecule has 72 valence electrons. The summed E-state index contributed by atoms with van der Waals surface area (Å²) in [4.78, 5) is 2.70. The van der Waals surface area contributed by atoms with E-state index in [1.165, 1.54) is 0 Å². The highest BCUT2D eigenvalue weighted by Crippen LogP contribution is 2.13. The summed E-state index contributed by atoms with van der Waals surface area (Å²) in [6.45, 7) is 8.55. The lowest BCUT2D eigenvalue weighted by Crippen LogP contribution is -2.01. The van der Waals surface area contributed by atoms with Crippen LogP contribution in [0.2, 0.25) is 0 Å². The van der Waals surface area contributed by atoms with Gasteiger partial charge in [-0.25, -0.2) is 0 Å². The van der Waals surface area contributed by atoms with Crippen molar-refractivity contribution in [1.82, 2.24) is 4.57 Å². The third kappa shape index (κ3) is 2.06. The van der Waals surface area contributed by atoms with Gasteiger partial charge in [0, 0.05) is 29.9 Å². The van der Waals surface area contributed by atoms with E-state index in [0.717, 1.165) is 11.3 Å². The van der Waals surface area contributed by atoms with E-state index in [0.29, 0.717) is 13.1 Å². The number of aromatic nitrogens is 1. The molecule has 0 atom stereocenters. The van der Waals surface area contributed by atoms with Crippen molar-refractivity contribution < 1.29 is 0 Å². The highest BCUT2D eigenvalue weighted by Gasteiger charge is 2.01. The molecule has 0 unspecified atom stereocenters. The van der Waals surface area contributed by atoms with Crippen LogP contribution in [0, 0.1) is 0 Å². The van der Waals surface area contributed by atoms with Crippen LogP contribution in [0.5, 0.6) is 0 Å². The number of hydrogen-bond acceptors (Lipinski definition) is 1. The van der Waals surface area contributed by atoms with Crippen molar-refractivity contribution in [2.24, 2.45) is 5.11 Å². The van der Waals surface area contributed by atoms with Gasteiger partial charge in [0.05, 0.1) is 0 Å². The van der Waals surface area contributed by atoms with Gasteiger partial charge in [-0.2, -0.15) is 0 Å². The molecule has 1 aromatic rings. The molecule has 0 N–H and O–H groups in total. The molecule has 1 rings (SSSR count). The summed E-state index contributed by atoms with van der Waals surface area (Å²) in [6.07, 6.45) is 5.48. The molecular weight excluding hydrogens is 176 g/mol. The number of azide groups is 1. The lowest BCUT2D eigenvalue weighted by molar-refractivity contribution is 0.705. The Labute approximate surface area is 82.8 Å². The standard InChI is InChI=1S/C10H12N4/c1-3-9-5-7-14(10(9)4-2)8-6-12-13-11/h3-5,7H,1-2,6,8H2. The molecular formula is C10H12N4. The van der Waals surface area contributed by atoms with Crippen molar-refractivity contribution in [3.05, 3.63) is 47.1 Å². The Kier molecular flexibility index (Phi) is 3.58. The quantitative estimate of drug-likeness (QED) is 0.387. The van der Waals surface area contributed by atoms with Crippen molar-refractivity contribution in [2.75, 3.05) is 6.54 Å². The number of rotatable bonds is 5. The summed E-state index contributed by atoms with van der Waals surface area (Å²) < 4.78 is 1.98. The Hall–Kier alpha value is -1.93. The van der Waals surface area contributed by atoms with Crippen molar-refractivity contribution in [1.29, 1.82) is 0 Å². The van der Waals surface area contributed by atoms with Gasteiger partial charge < -0.3 is 4.57 Å². The Morgan fingerprint density at radius 1 is 1.50 bits per heavy atom. The van der Waals surface area contributed by atoms with Gasteiger partial charge in [0.15, 0.2) is 0 Å². The fourth-order valence-corrected chi connectivity index (χ4v) is 1.30. The van der Waals surface area contributed by atoms with Crippen LogP contribution in [0.25, 0.3) is 22.6 Å². The fourth-order valence-electron chi connectivity index (χ4n) is 1.30. The molecule has 1 aromatic heterocycles. The number of hydrogen-bond donors (Lipinski definition) is 0. The fraction of sp³-hybridized carbons (Fsp3) is 0.200. The zero-order valence-electron chi connectivity index (χ0n) is 7.93. The van der Waals surface area contributed by atoms with Gasteiger partial charge in [0.1, 0.15) is 0 Å². The molecule has 0 spiro atoms. The van der Waals surface area contributed by atoms with E-state index >= 15 is 0 Å². The smallest absolute Gasteiger partial charge is 0.0474 e. The molecule has 0 aliphatic carbocycles. The Morgan fingerprint density at radius 2 is 2.29 bits per heavy atom. The minimum Gasteiger partial charge on any atom is -0.347 e. The summed E-state index contributed by atoms with van der Waals surface area (Å²) in [5, 5.41) is 3.48. The van der Waals surface area contributed by atoms with Crippen LogP contribution in [0.3, 0.4) is 0 Å². The van der Waals surface area contributed by atoms with E-state index in [-0.39, 0.29) is 0 Å². The molecule has 0 fully saturated rings. The van der Waals surface area contributed by atoms with E-state index in [9.17, 15) is 0 Å². The topological polar surface area (TPSA) is 53.7 Å². The third-order valence-corrected chi connectivity index (χ3v) is 1.96. The Bertz CT molecular complexity index is 383. The summed E-state index contributed by atoms with van der Waals surface area (Å²) in [5.41, 5.74) is 10.2. The lowest BCUT2D eigenvalue weighted by Gasteiger charge is -2.03. The van der Waals surface area contributed by atoms with Gasteiger partial charge in [-0.05, 0) is 23.2 Å². The Balaban J connectivity index is 2.85. The van der Waals surface area contributed by atoms with Crippen LogP contribution in [-0.4, -0.2) is 11.1 Å². The molecule has 0 radical (unpaired) electrons. The molecule has 4 nitrogen and oxygen atoms in total. The second kappa shape index (κ2) is 4.94. The van der Waals surface area contributed by atoms with E-state index in [2.05, 4.69) is 23.2 Å². The van der Waals surface area contributed by atoms with Gasteiger partial charge in [0.25, 0.3) is 0 Å². The van der Waals surface area contributed by atoms with Crippen molar-refractivity contribution in [2.45, 2.75) is 6.54 Å². The molecule has 0 bridgehead atoms. The summed E-state index contributed by atoms with van der Waals surface area (Å²) in [5.74, 6) is 0. The van der Waals surface area contributed by atoms with Gasteiger partial charge in [-0.15, -0.1) is 0 Å². The van der Waals surface area contributed by atoms with Crippen LogP contribution >= 0.6 is 0 Å². The predicted molar refractivity (Wildman–Crippen MR) is 58.6 cm³/mol. The van der Waals surface area contributed by atoms with E-state index in [4.69, 9.17) is 5.53 Å². The predicted octanol–water partition coefficient (Wildman–Crippen LogP) is 3.08. The van der Waals surface area contributed by atoms with Gasteiger partial charge in [0.2, 0.25) is 0 Å². The molecule has 0 aliphatic heterocycles. The molecule has 1 heterocycles. The number of nitrogens with zero attached hydrogens (tertiary/aromatic N) is 4. The molecule has 0 aromatic carbocycles. The van der Waals surface area contributed by atoms with Crippen LogP contribution in [0.1, 0.15) is 11.3 Å². The first kappa shape index (κ1) is 10.2. The van der Waals surface area contributed by atoms with Crippen LogP contribution in [-0.2, 0) is 6.54 Å². The molecule has 0 aliphatic rings. The van der Waals surface area contributed by atoms with Crippen molar-refractivity contribution in [3.8, 4) is 0 Å². The summed E-state index contributed by atoms with van der Waals surface area (Å²) in [6, 6.07) is 1.96. The molecule has 0 amide bonds. The third-order valence-electron chi connectivity index (χ3n) is 1.96. The van der Waals surface area contributed by atoms with E-state index in [1.807, 2.05) is 16.8 Å². The molecule has 14 heavy (non-hydrogen) atoms. The minimum absolute atomic E-state index is 0.447. The highest BCUT2D eigenvalue weighted by molar-refractivity contribution is 5.61. The normalized spacial score (nSPS) is 9.14. The van der Waals surface area contributed by atoms with Crippen LogP contribution in [0.15, 0.2) is 30.5 Å². The summed E-state index contributed by atoms with van der Waals surface area (Å²) in [7, 11) is 0. The second-order valence-corrected chi connectivity index (χ2v) is 2.71. The van der Waals surface area contributed by atoms with Crippen molar-refractivity contribution in [3.63, 3.8) is 0 Å². The Morgan fingerprint density at radius 3 is 2.86 bits per heavy atom. The monoisotopic (exact) mass is 188 g/mol. The second-order valence-electron chi connectivity index (χ2n) is 2.71. The minimum atomic E-state index is 0.447. The average molecular weight is 188 g/mol. The maximum absolute atomic E-state index is 8.13.